The van der Waals surface area contributed by atoms with Gasteiger partial charge in [-0.05, 0) is 30.2 Å². The Morgan fingerprint density at radius 1 is 1.22 bits per heavy atom. The molecule has 0 aliphatic carbocycles. The van der Waals surface area contributed by atoms with E-state index in [1.54, 1.807) is 18.2 Å². The second-order valence-electron chi connectivity index (χ2n) is 8.26. The number of nitrogens with zero attached hydrogens (tertiary/aromatic N) is 2. The molecule has 1 spiro atoms. The van der Waals surface area contributed by atoms with Crippen molar-refractivity contribution in [2.24, 2.45) is 0 Å². The number of hydrogen-bond acceptors (Lipinski definition) is 5. The maximum atomic E-state index is 15.0. The van der Waals surface area contributed by atoms with Crippen LogP contribution in [0.4, 0.5) is 13.6 Å². The molecule has 2 aromatic rings. The Labute approximate surface area is 185 Å². The Kier molecular flexibility index (Phi) is 6.68. The van der Waals surface area contributed by atoms with Crippen molar-refractivity contribution in [1.29, 1.82) is 5.26 Å². The zero-order chi connectivity index (χ0) is 22.6. The summed E-state index contributed by atoms with van der Waals surface area (Å²) in [5.74, 6) is -1.34. The van der Waals surface area contributed by atoms with Crippen molar-refractivity contribution in [3.8, 4) is 17.2 Å². The van der Waals surface area contributed by atoms with Crippen molar-refractivity contribution in [2.75, 3.05) is 32.8 Å². The summed E-state index contributed by atoms with van der Waals surface area (Å²) in [6.07, 6.45) is 2.07. The highest BCUT2D eigenvalue weighted by Crippen LogP contribution is 2.30. The average molecular weight is 441 g/mol. The normalized spacial score (nSPS) is 17.7. The number of carbonyl (C=O) groups excluding carboxylic acids is 1. The number of nitrogens with one attached hydrogen (secondary N) is 1. The van der Waals surface area contributed by atoms with E-state index < -0.39 is 11.6 Å². The summed E-state index contributed by atoms with van der Waals surface area (Å²) in [5.41, 5.74) is 0.446. The molecule has 2 aromatic carbocycles. The van der Waals surface area contributed by atoms with Gasteiger partial charge in [0.05, 0.1) is 30.3 Å². The molecule has 0 radical (unpaired) electrons. The van der Waals surface area contributed by atoms with E-state index in [9.17, 15) is 13.6 Å². The molecule has 168 valence electrons. The molecular weight excluding hydrogens is 416 g/mol. The van der Waals surface area contributed by atoms with E-state index in [0.29, 0.717) is 24.3 Å². The minimum Gasteiger partial charge on any atom is -0.441 e. The van der Waals surface area contributed by atoms with Crippen LogP contribution in [0.1, 0.15) is 30.4 Å². The Morgan fingerprint density at radius 3 is 2.75 bits per heavy atom. The van der Waals surface area contributed by atoms with Crippen LogP contribution in [0, 0.1) is 23.0 Å². The minimum atomic E-state index is -0.674. The Hall–Kier alpha value is -3.02. The molecule has 2 aliphatic heterocycles. The van der Waals surface area contributed by atoms with Gasteiger partial charge in [-0.1, -0.05) is 18.2 Å². The zero-order valence-corrected chi connectivity index (χ0v) is 17.7. The van der Waals surface area contributed by atoms with Crippen molar-refractivity contribution in [2.45, 2.75) is 31.5 Å². The third-order valence-corrected chi connectivity index (χ3v) is 6.10. The molecule has 2 aliphatic rings. The second kappa shape index (κ2) is 9.63. The summed E-state index contributed by atoms with van der Waals surface area (Å²) < 4.78 is 40.4. The van der Waals surface area contributed by atoms with E-state index in [4.69, 9.17) is 14.7 Å². The molecule has 0 saturated carbocycles. The van der Waals surface area contributed by atoms with E-state index in [1.165, 1.54) is 18.2 Å². The van der Waals surface area contributed by atoms with Crippen molar-refractivity contribution in [1.82, 2.24) is 10.2 Å². The van der Waals surface area contributed by atoms with Gasteiger partial charge in [0.1, 0.15) is 17.2 Å². The highest BCUT2D eigenvalue weighted by atomic mass is 19.1. The largest absolute Gasteiger partial charge is 0.441 e. The fourth-order valence-electron chi connectivity index (χ4n) is 4.25. The van der Waals surface area contributed by atoms with Crippen LogP contribution >= 0.6 is 0 Å². The van der Waals surface area contributed by atoms with Gasteiger partial charge in [0.15, 0.2) is 0 Å². The lowest BCUT2D eigenvalue weighted by Crippen LogP contribution is -2.46. The quantitative estimate of drug-likeness (QED) is 0.658. The van der Waals surface area contributed by atoms with Gasteiger partial charge in [0.2, 0.25) is 0 Å². The topological polar surface area (TPSA) is 74.6 Å². The minimum absolute atomic E-state index is 0.0434. The van der Waals surface area contributed by atoms with Crippen LogP contribution in [-0.2, 0) is 16.1 Å². The zero-order valence-electron chi connectivity index (χ0n) is 17.7. The fourth-order valence-corrected chi connectivity index (χ4v) is 4.25. The first kappa shape index (κ1) is 22.2. The van der Waals surface area contributed by atoms with Gasteiger partial charge in [0, 0.05) is 44.6 Å². The van der Waals surface area contributed by atoms with Crippen LogP contribution in [0.5, 0.6) is 0 Å². The first-order valence-corrected chi connectivity index (χ1v) is 10.7. The number of carbonyl (C=O) groups is 1. The highest BCUT2D eigenvalue weighted by molar-refractivity contribution is 5.70. The van der Waals surface area contributed by atoms with Crippen LogP contribution in [0.3, 0.4) is 0 Å². The van der Waals surface area contributed by atoms with Crippen molar-refractivity contribution < 1.29 is 23.0 Å². The summed E-state index contributed by atoms with van der Waals surface area (Å²) in [6.45, 7) is 3.62. The Balaban J connectivity index is 1.26. The number of benzene rings is 2. The molecule has 6 nitrogen and oxygen atoms in total. The SMILES string of the molecule is N#Cc1cccc(-c2c(F)ccc(COCCCN3CCC4(CC3)CNC(=O)O4)c2F)c1. The highest BCUT2D eigenvalue weighted by Gasteiger charge is 2.42. The van der Waals surface area contributed by atoms with Crippen LogP contribution in [0.25, 0.3) is 11.1 Å². The first-order valence-electron chi connectivity index (χ1n) is 10.7. The van der Waals surface area contributed by atoms with Crippen LogP contribution in [-0.4, -0.2) is 49.4 Å². The maximum absolute atomic E-state index is 15.0. The summed E-state index contributed by atoms with van der Waals surface area (Å²) >= 11 is 0. The molecule has 2 fully saturated rings. The van der Waals surface area contributed by atoms with E-state index in [-0.39, 0.29) is 29.4 Å². The molecule has 1 N–H and O–H groups in total. The van der Waals surface area contributed by atoms with Crippen molar-refractivity contribution in [3.05, 3.63) is 59.2 Å². The van der Waals surface area contributed by atoms with E-state index >= 15 is 0 Å². The monoisotopic (exact) mass is 441 g/mol. The fraction of sp³-hybridized carbons (Fsp3) is 0.417. The third kappa shape index (κ3) is 4.90. The molecule has 2 heterocycles. The van der Waals surface area contributed by atoms with Gasteiger partial charge < -0.3 is 19.7 Å². The Bertz CT molecular complexity index is 1030. The molecule has 4 rings (SSSR count). The van der Waals surface area contributed by atoms with Gasteiger partial charge in [-0.2, -0.15) is 5.26 Å². The van der Waals surface area contributed by atoms with Gasteiger partial charge >= 0.3 is 6.09 Å². The molecule has 0 aromatic heterocycles. The van der Waals surface area contributed by atoms with E-state index in [2.05, 4.69) is 10.2 Å². The number of alkyl carbamates (subject to hydrolysis) is 1. The lowest BCUT2D eigenvalue weighted by molar-refractivity contribution is -0.00134. The number of halogens is 2. The van der Waals surface area contributed by atoms with Crippen molar-refractivity contribution >= 4 is 6.09 Å². The van der Waals surface area contributed by atoms with E-state index in [0.717, 1.165) is 38.9 Å². The lowest BCUT2D eigenvalue weighted by Gasteiger charge is -2.37. The number of rotatable bonds is 7. The van der Waals surface area contributed by atoms with Crippen molar-refractivity contribution in [3.63, 3.8) is 0 Å². The maximum Gasteiger partial charge on any atom is 0.407 e. The molecule has 0 unspecified atom stereocenters. The predicted molar refractivity (Wildman–Crippen MR) is 114 cm³/mol. The molecule has 0 bridgehead atoms. The molecule has 1 amide bonds. The van der Waals surface area contributed by atoms with Crippen LogP contribution in [0.15, 0.2) is 36.4 Å². The van der Waals surface area contributed by atoms with Gasteiger partial charge in [0.25, 0.3) is 0 Å². The number of amides is 1. The van der Waals surface area contributed by atoms with Crippen LogP contribution < -0.4 is 5.32 Å². The first-order chi connectivity index (χ1) is 15.5. The number of nitriles is 1. The molecule has 8 heteroatoms. The number of ether oxygens (including phenoxy) is 2. The standard InChI is InChI=1S/C24H25F2N3O3/c25-20-6-5-19(22(26)21(20)18-4-1-3-17(13-18)14-27)15-31-12-2-9-29-10-7-24(8-11-29)16-28-23(30)32-24/h1,3-6,13H,2,7-12,15-16H2,(H,28,30). The number of likely N-dealkylation sites (tertiary alicyclic amines) is 1. The van der Waals surface area contributed by atoms with Gasteiger partial charge in [-0.25, -0.2) is 13.6 Å². The summed E-state index contributed by atoms with van der Waals surface area (Å²) in [7, 11) is 0. The van der Waals surface area contributed by atoms with E-state index in [1.807, 2.05) is 6.07 Å². The van der Waals surface area contributed by atoms with Crippen LogP contribution in [0.2, 0.25) is 0 Å². The molecule has 2 saturated heterocycles. The predicted octanol–water partition coefficient (Wildman–Crippen LogP) is 3.98. The summed E-state index contributed by atoms with van der Waals surface area (Å²) in [6, 6.07) is 10.8. The lowest BCUT2D eigenvalue weighted by atomic mass is 9.91. The van der Waals surface area contributed by atoms with Gasteiger partial charge in [-0.3, -0.25) is 0 Å². The summed E-state index contributed by atoms with van der Waals surface area (Å²) in [5, 5.41) is 11.8. The number of piperidine rings is 1. The number of hydrogen-bond donors (Lipinski definition) is 1. The Morgan fingerprint density at radius 2 is 2.03 bits per heavy atom. The average Bonchev–Trinajstić information content (AvgIpc) is 3.16. The smallest absolute Gasteiger partial charge is 0.407 e. The molecule has 0 atom stereocenters. The van der Waals surface area contributed by atoms with Gasteiger partial charge in [-0.15, -0.1) is 0 Å². The molecule has 32 heavy (non-hydrogen) atoms. The summed E-state index contributed by atoms with van der Waals surface area (Å²) in [4.78, 5) is 13.6. The second-order valence-corrected chi connectivity index (χ2v) is 8.26. The molecular formula is C24H25F2N3O3. The third-order valence-electron chi connectivity index (χ3n) is 6.10.